The second-order valence-corrected chi connectivity index (χ2v) is 5.45. The van der Waals surface area contributed by atoms with Gasteiger partial charge in [0, 0.05) is 13.1 Å². The molecule has 0 bridgehead atoms. The van der Waals surface area contributed by atoms with Gasteiger partial charge in [-0.2, -0.15) is 0 Å². The van der Waals surface area contributed by atoms with Crippen molar-refractivity contribution in [3.05, 3.63) is 0 Å². The van der Waals surface area contributed by atoms with Crippen LogP contribution in [0.1, 0.15) is 27.7 Å². The van der Waals surface area contributed by atoms with Crippen molar-refractivity contribution >= 4 is 28.9 Å². The minimum absolute atomic E-state index is 0.172. The van der Waals surface area contributed by atoms with Crippen LogP contribution in [-0.2, 0) is 0 Å². The van der Waals surface area contributed by atoms with Crippen LogP contribution in [0.25, 0.3) is 0 Å². The Bertz CT molecular complexity index is 127. The Morgan fingerprint density at radius 2 is 2.00 bits per heavy atom. The molecule has 0 atom stereocenters. The Kier molecular flexibility index (Phi) is 5.04. The molecule has 0 amide bonds. The van der Waals surface area contributed by atoms with Crippen molar-refractivity contribution in [3.63, 3.8) is 0 Å². The molecule has 3 heteroatoms. The summed E-state index contributed by atoms with van der Waals surface area (Å²) in [5.41, 5.74) is 0. The van der Waals surface area contributed by atoms with Crippen LogP contribution in [0, 0.1) is 0 Å². The van der Waals surface area contributed by atoms with Gasteiger partial charge < -0.3 is 4.90 Å². The van der Waals surface area contributed by atoms with E-state index in [0.717, 1.165) is 13.1 Å². The quantitative estimate of drug-likeness (QED) is 0.251. The molecule has 0 aromatic heterocycles. The first kappa shape index (κ1) is 11.2. The molecule has 66 valence electrons. The van der Waals surface area contributed by atoms with E-state index in [0.29, 0.717) is 0 Å². The highest BCUT2D eigenvalue weighted by atomic mass is 127. The Balaban J connectivity index is 4.06. The average Bonchev–Trinajstić information content (AvgIpc) is 1.87. The summed E-state index contributed by atoms with van der Waals surface area (Å²) >= 11 is 2.41. The molecule has 0 heterocycles. The average molecular weight is 268 g/mol. The van der Waals surface area contributed by atoms with E-state index < -0.39 is 0 Å². The summed E-state index contributed by atoms with van der Waals surface area (Å²) in [6.07, 6.45) is 1.94. The summed E-state index contributed by atoms with van der Waals surface area (Å²) in [6, 6.07) is 0. The monoisotopic (exact) mass is 268 g/mol. The molecule has 0 aromatic carbocycles. The van der Waals surface area contributed by atoms with Gasteiger partial charge in [0.2, 0.25) is 0 Å². The summed E-state index contributed by atoms with van der Waals surface area (Å²) in [6.45, 7) is 10.4. The Hall–Kier alpha value is 0.200. The zero-order valence-corrected chi connectivity index (χ0v) is 9.92. The largest absolute Gasteiger partial charge is 0.349 e. The van der Waals surface area contributed by atoms with Crippen LogP contribution in [0.5, 0.6) is 0 Å². The van der Waals surface area contributed by atoms with E-state index in [-0.39, 0.29) is 3.55 Å². The molecular formula is C8H17IN2. The third-order valence-electron chi connectivity index (χ3n) is 1.43. The SMILES string of the molecule is CCN=CN(CC)C(C)(C)I. The molecule has 0 radical (unpaired) electrons. The van der Waals surface area contributed by atoms with Gasteiger partial charge in [0.05, 0.1) is 9.88 Å². The summed E-state index contributed by atoms with van der Waals surface area (Å²) in [5, 5.41) is 0. The molecule has 0 unspecified atom stereocenters. The Labute approximate surface area is 83.2 Å². The lowest BCUT2D eigenvalue weighted by Crippen LogP contribution is -2.37. The van der Waals surface area contributed by atoms with E-state index in [4.69, 9.17) is 0 Å². The molecule has 0 aliphatic rings. The minimum Gasteiger partial charge on any atom is -0.349 e. The predicted octanol–water partition coefficient (Wildman–Crippen LogP) is 2.53. The van der Waals surface area contributed by atoms with Crippen molar-refractivity contribution in [2.24, 2.45) is 4.99 Å². The maximum Gasteiger partial charge on any atom is 0.0869 e. The fourth-order valence-electron chi connectivity index (χ4n) is 0.775. The van der Waals surface area contributed by atoms with Crippen molar-refractivity contribution in [2.45, 2.75) is 31.2 Å². The Morgan fingerprint density at radius 1 is 1.45 bits per heavy atom. The van der Waals surface area contributed by atoms with E-state index >= 15 is 0 Å². The van der Waals surface area contributed by atoms with Crippen LogP contribution < -0.4 is 0 Å². The van der Waals surface area contributed by atoms with Gasteiger partial charge in [0.1, 0.15) is 0 Å². The van der Waals surface area contributed by atoms with Gasteiger partial charge >= 0.3 is 0 Å². The maximum absolute atomic E-state index is 4.21. The van der Waals surface area contributed by atoms with Gasteiger partial charge in [-0.25, -0.2) is 0 Å². The van der Waals surface area contributed by atoms with Crippen molar-refractivity contribution in [1.29, 1.82) is 0 Å². The first-order valence-corrected chi connectivity index (χ1v) is 5.05. The second kappa shape index (κ2) is 4.95. The van der Waals surface area contributed by atoms with Crippen molar-refractivity contribution in [1.82, 2.24) is 4.90 Å². The zero-order chi connectivity index (χ0) is 8.91. The summed E-state index contributed by atoms with van der Waals surface area (Å²) < 4.78 is 0.172. The van der Waals surface area contributed by atoms with Gasteiger partial charge in [0.25, 0.3) is 0 Å². The standard InChI is InChI=1S/C8H17IN2/c1-5-10-7-11(6-2)8(3,4)9/h7H,5-6H2,1-4H3. The van der Waals surface area contributed by atoms with E-state index in [1.165, 1.54) is 0 Å². The van der Waals surface area contributed by atoms with Crippen LogP contribution in [0.2, 0.25) is 0 Å². The number of hydrogen-bond donors (Lipinski definition) is 0. The molecule has 0 N–H and O–H groups in total. The normalized spacial score (nSPS) is 12.5. The fourth-order valence-corrected chi connectivity index (χ4v) is 1.24. The first-order chi connectivity index (χ1) is 5.02. The van der Waals surface area contributed by atoms with Crippen molar-refractivity contribution in [2.75, 3.05) is 13.1 Å². The molecule has 0 aliphatic carbocycles. The topological polar surface area (TPSA) is 15.6 Å². The van der Waals surface area contributed by atoms with Crippen LogP contribution in [0.3, 0.4) is 0 Å². The second-order valence-electron chi connectivity index (χ2n) is 2.81. The number of alkyl halides is 1. The minimum atomic E-state index is 0.172. The smallest absolute Gasteiger partial charge is 0.0869 e. The highest BCUT2D eigenvalue weighted by Crippen LogP contribution is 2.20. The predicted molar refractivity (Wildman–Crippen MR) is 59.5 cm³/mol. The lowest BCUT2D eigenvalue weighted by molar-refractivity contribution is 0.359. The van der Waals surface area contributed by atoms with Gasteiger partial charge in [-0.3, -0.25) is 4.99 Å². The fraction of sp³-hybridized carbons (Fsp3) is 0.875. The molecule has 2 nitrogen and oxygen atoms in total. The van der Waals surface area contributed by atoms with Gasteiger partial charge in [-0.05, 0) is 27.7 Å². The van der Waals surface area contributed by atoms with E-state index in [2.05, 4.69) is 53.3 Å². The van der Waals surface area contributed by atoms with Crippen molar-refractivity contribution < 1.29 is 0 Å². The molecule has 0 rings (SSSR count). The van der Waals surface area contributed by atoms with Crippen LogP contribution in [0.15, 0.2) is 4.99 Å². The van der Waals surface area contributed by atoms with Gasteiger partial charge in [-0.15, -0.1) is 0 Å². The Morgan fingerprint density at radius 3 is 2.27 bits per heavy atom. The van der Waals surface area contributed by atoms with Crippen molar-refractivity contribution in [3.8, 4) is 0 Å². The highest BCUT2D eigenvalue weighted by molar-refractivity contribution is 14.1. The van der Waals surface area contributed by atoms with E-state index in [9.17, 15) is 0 Å². The van der Waals surface area contributed by atoms with Gasteiger partial charge in [-0.1, -0.05) is 22.6 Å². The zero-order valence-electron chi connectivity index (χ0n) is 7.76. The number of nitrogens with zero attached hydrogens (tertiary/aromatic N) is 2. The number of aliphatic imine (C=N–C) groups is 1. The number of rotatable bonds is 4. The molecule has 0 spiro atoms. The van der Waals surface area contributed by atoms with Crippen LogP contribution in [0.4, 0.5) is 0 Å². The summed E-state index contributed by atoms with van der Waals surface area (Å²) in [4.78, 5) is 6.42. The molecule has 0 aromatic rings. The number of halogens is 1. The molecular weight excluding hydrogens is 251 g/mol. The van der Waals surface area contributed by atoms with Crippen LogP contribution in [-0.4, -0.2) is 27.9 Å². The lowest BCUT2D eigenvalue weighted by atomic mass is 10.3. The van der Waals surface area contributed by atoms with Gasteiger partial charge in [0.15, 0.2) is 0 Å². The van der Waals surface area contributed by atoms with E-state index in [1.807, 2.05) is 13.3 Å². The molecule has 11 heavy (non-hydrogen) atoms. The molecule has 0 saturated carbocycles. The van der Waals surface area contributed by atoms with E-state index in [1.54, 1.807) is 0 Å². The third-order valence-corrected chi connectivity index (χ3v) is 2.05. The third kappa shape index (κ3) is 4.61. The summed E-state index contributed by atoms with van der Waals surface area (Å²) in [7, 11) is 0. The highest BCUT2D eigenvalue weighted by Gasteiger charge is 2.17. The molecule has 0 fully saturated rings. The molecule has 0 saturated heterocycles. The lowest BCUT2D eigenvalue weighted by Gasteiger charge is -2.30. The number of hydrogen-bond acceptors (Lipinski definition) is 1. The summed E-state index contributed by atoms with van der Waals surface area (Å²) in [5.74, 6) is 0. The van der Waals surface area contributed by atoms with Crippen LogP contribution >= 0.6 is 22.6 Å². The maximum atomic E-state index is 4.21. The molecule has 0 aliphatic heterocycles. The first-order valence-electron chi connectivity index (χ1n) is 3.98.